The van der Waals surface area contributed by atoms with Gasteiger partial charge in [-0.05, 0) is 12.1 Å². The molecule has 0 fully saturated rings. The van der Waals surface area contributed by atoms with E-state index in [1.807, 2.05) is 0 Å². The van der Waals surface area contributed by atoms with Crippen molar-refractivity contribution in [2.75, 3.05) is 12.3 Å². The Bertz CT molecular complexity index is 630. The molecule has 1 aromatic heterocycles. The van der Waals surface area contributed by atoms with Crippen LogP contribution in [-0.4, -0.2) is 17.6 Å². The minimum Gasteiger partial charge on any atom is -0.739 e. The number of rotatable bonds is 3. The molecule has 4 N–H and O–H groups in total. The number of aromatic nitrogens is 3. The van der Waals surface area contributed by atoms with E-state index in [4.69, 9.17) is 16.2 Å². The summed E-state index contributed by atoms with van der Waals surface area (Å²) in [6, 6.07) is 4.02. The Labute approximate surface area is 100 Å². The van der Waals surface area contributed by atoms with Crippen LogP contribution in [-0.2, 0) is 4.79 Å². The van der Waals surface area contributed by atoms with Crippen molar-refractivity contribution in [3.8, 4) is 5.75 Å². The fraction of sp³-hybridized carbons (Fsp3) is 0.111. The number of nitrogens with two attached hydrogens (primary N) is 2. The number of hydrogen-bond acceptors (Lipinski definition) is 6. The lowest BCUT2D eigenvalue weighted by molar-refractivity contribution is -0.672. The Kier molecular flexibility index (Phi) is 2.72. The monoisotopic (exact) mass is 251 g/mol. The maximum atomic E-state index is 11.5. The molecule has 0 aliphatic carbocycles. The summed E-state index contributed by atoms with van der Waals surface area (Å²) in [5, 5.41) is 26.3. The highest BCUT2D eigenvalue weighted by Gasteiger charge is 2.17. The van der Waals surface area contributed by atoms with Gasteiger partial charge in [-0.3, -0.25) is 10.5 Å². The molecule has 1 amide bonds. The first-order valence-corrected chi connectivity index (χ1v) is 4.83. The zero-order chi connectivity index (χ0) is 13.3. The van der Waals surface area contributed by atoms with Crippen molar-refractivity contribution < 1.29 is 19.1 Å². The van der Waals surface area contributed by atoms with E-state index >= 15 is 0 Å². The number of fused-ring (bicyclic) bond motifs is 1. The minimum atomic E-state index is -0.653. The molecule has 0 aliphatic heterocycles. The number of carbonyl (C=O) groups is 1. The van der Waals surface area contributed by atoms with Crippen molar-refractivity contribution in [2.24, 2.45) is 5.73 Å². The van der Waals surface area contributed by atoms with Gasteiger partial charge in [-0.1, -0.05) is 0 Å². The standard InChI is InChI=1S/C9H9N5O4/c10-8(15)4-18-5-1-2-6-7(3-5)14(17)12-9(11)13(6)16/h1-3H,4H2,(H2,10,15)(H2,11,12). The number of ether oxygens (including phenoxy) is 1. The van der Waals surface area contributed by atoms with Gasteiger partial charge in [0.25, 0.3) is 5.91 Å². The number of nitrogen functional groups attached to an aromatic ring is 1. The third kappa shape index (κ3) is 2.00. The van der Waals surface area contributed by atoms with Gasteiger partial charge in [0.15, 0.2) is 12.1 Å². The summed E-state index contributed by atoms with van der Waals surface area (Å²) in [7, 11) is 0. The van der Waals surface area contributed by atoms with Crippen LogP contribution in [0.5, 0.6) is 5.75 Å². The van der Waals surface area contributed by atoms with Gasteiger partial charge in [0.05, 0.1) is 6.07 Å². The number of amides is 1. The van der Waals surface area contributed by atoms with Crippen LogP contribution in [0.3, 0.4) is 0 Å². The van der Waals surface area contributed by atoms with E-state index in [1.165, 1.54) is 18.2 Å². The van der Waals surface area contributed by atoms with Crippen LogP contribution in [0, 0.1) is 10.4 Å². The van der Waals surface area contributed by atoms with Gasteiger partial charge in [-0.25, -0.2) is 4.73 Å². The Balaban J connectivity index is 2.48. The fourth-order valence-electron chi connectivity index (χ4n) is 1.38. The van der Waals surface area contributed by atoms with Gasteiger partial charge >= 0.3 is 11.5 Å². The van der Waals surface area contributed by atoms with Crippen LogP contribution < -0.4 is 25.8 Å². The van der Waals surface area contributed by atoms with Gasteiger partial charge < -0.3 is 20.9 Å². The smallest absolute Gasteiger partial charge is 0.458 e. The fourth-order valence-corrected chi connectivity index (χ4v) is 1.38. The van der Waals surface area contributed by atoms with E-state index in [0.717, 1.165) is 0 Å². The van der Waals surface area contributed by atoms with Crippen molar-refractivity contribution in [2.45, 2.75) is 0 Å². The predicted molar refractivity (Wildman–Crippen MR) is 58.8 cm³/mol. The first kappa shape index (κ1) is 11.6. The normalized spacial score (nSPS) is 10.4. The third-order valence-corrected chi connectivity index (χ3v) is 2.15. The van der Waals surface area contributed by atoms with Crippen LogP contribution >= 0.6 is 0 Å². The molecule has 2 aromatic rings. The second kappa shape index (κ2) is 4.20. The van der Waals surface area contributed by atoms with Gasteiger partial charge in [0, 0.05) is 4.85 Å². The van der Waals surface area contributed by atoms with Gasteiger partial charge in [-0.15, -0.1) is 0 Å². The average molecular weight is 251 g/mol. The largest absolute Gasteiger partial charge is 0.739 e. The van der Waals surface area contributed by atoms with Gasteiger partial charge in [0.2, 0.25) is 5.10 Å². The quantitative estimate of drug-likeness (QED) is 0.474. The molecule has 9 heteroatoms. The molecule has 0 aliphatic rings. The highest BCUT2D eigenvalue weighted by atomic mass is 16.5. The van der Waals surface area contributed by atoms with Crippen LogP contribution in [0.15, 0.2) is 18.2 Å². The zero-order valence-electron chi connectivity index (χ0n) is 9.07. The van der Waals surface area contributed by atoms with Gasteiger partial charge in [0.1, 0.15) is 5.75 Å². The lowest BCUT2D eigenvalue weighted by atomic mass is 10.3. The molecular weight excluding hydrogens is 242 g/mol. The first-order valence-electron chi connectivity index (χ1n) is 4.83. The number of benzene rings is 1. The van der Waals surface area contributed by atoms with E-state index in [9.17, 15) is 15.2 Å². The van der Waals surface area contributed by atoms with E-state index in [2.05, 4.69) is 5.10 Å². The van der Waals surface area contributed by atoms with Crippen LogP contribution in [0.1, 0.15) is 0 Å². The van der Waals surface area contributed by atoms with Crippen LogP contribution in [0.2, 0.25) is 0 Å². The first-order chi connectivity index (χ1) is 8.49. The predicted octanol–water partition coefficient (Wildman–Crippen LogP) is -2.05. The summed E-state index contributed by atoms with van der Waals surface area (Å²) in [5.41, 5.74) is 10.2. The Morgan fingerprint density at radius 1 is 1.39 bits per heavy atom. The maximum absolute atomic E-state index is 11.5. The molecule has 1 heterocycles. The van der Waals surface area contributed by atoms with Crippen molar-refractivity contribution in [3.05, 3.63) is 28.6 Å². The molecule has 94 valence electrons. The molecular formula is C9H9N5O4. The minimum absolute atomic E-state index is 0.0267. The summed E-state index contributed by atoms with van der Waals surface area (Å²) >= 11 is 0. The number of primary amides is 1. The van der Waals surface area contributed by atoms with E-state index in [-0.39, 0.29) is 28.2 Å². The topological polar surface area (TPSA) is 145 Å². The third-order valence-electron chi connectivity index (χ3n) is 2.15. The molecule has 0 saturated heterocycles. The highest BCUT2D eigenvalue weighted by Crippen LogP contribution is 2.15. The van der Waals surface area contributed by atoms with Crippen molar-refractivity contribution >= 4 is 22.9 Å². The molecule has 1 aromatic carbocycles. The van der Waals surface area contributed by atoms with Crippen molar-refractivity contribution in [1.82, 2.24) is 5.10 Å². The molecule has 0 radical (unpaired) electrons. The second-order valence-corrected chi connectivity index (χ2v) is 3.43. The summed E-state index contributed by atoms with van der Waals surface area (Å²) < 4.78 is 5.32. The Morgan fingerprint density at radius 3 is 2.78 bits per heavy atom. The molecule has 0 spiro atoms. The van der Waals surface area contributed by atoms with Crippen molar-refractivity contribution in [3.63, 3.8) is 0 Å². The summed E-state index contributed by atoms with van der Waals surface area (Å²) in [6.07, 6.45) is 0. The number of hydrogen-bond donors (Lipinski definition) is 2. The average Bonchev–Trinajstić information content (AvgIpc) is 2.33. The molecule has 0 bridgehead atoms. The van der Waals surface area contributed by atoms with E-state index < -0.39 is 11.9 Å². The summed E-state index contributed by atoms with van der Waals surface area (Å²) in [4.78, 5) is 10.8. The molecule has 0 saturated carbocycles. The summed E-state index contributed by atoms with van der Waals surface area (Å²) in [5.74, 6) is -0.889. The molecule has 0 unspecified atom stereocenters. The molecule has 18 heavy (non-hydrogen) atoms. The van der Waals surface area contributed by atoms with E-state index in [0.29, 0.717) is 4.73 Å². The number of anilines is 1. The Hall–Kier alpha value is -2.84. The molecule has 2 rings (SSSR count). The highest BCUT2D eigenvalue weighted by molar-refractivity contribution is 5.75. The summed E-state index contributed by atoms with van der Waals surface area (Å²) in [6.45, 7) is -0.329. The number of nitrogens with zero attached hydrogens (tertiary/aromatic N) is 3. The van der Waals surface area contributed by atoms with E-state index in [1.54, 1.807) is 0 Å². The Morgan fingerprint density at radius 2 is 2.11 bits per heavy atom. The van der Waals surface area contributed by atoms with Gasteiger partial charge in [-0.2, -0.15) is 0 Å². The van der Waals surface area contributed by atoms with Crippen LogP contribution in [0.25, 0.3) is 11.0 Å². The zero-order valence-corrected chi connectivity index (χ0v) is 9.07. The second-order valence-electron chi connectivity index (χ2n) is 3.43. The maximum Gasteiger partial charge on any atom is 0.458 e. The van der Waals surface area contributed by atoms with Crippen molar-refractivity contribution in [1.29, 1.82) is 0 Å². The number of carbonyl (C=O) groups excluding carboxylic acids is 1. The SMILES string of the molecule is NC(=O)COc1ccc2c(c1)[n+]([O-])nc(N)[n+]2[O-]. The van der Waals surface area contributed by atoms with Crippen LogP contribution in [0.4, 0.5) is 5.95 Å². The molecule has 0 atom stereocenters. The molecule has 9 nitrogen and oxygen atoms in total. The lowest BCUT2D eigenvalue weighted by Crippen LogP contribution is -2.44. The lowest BCUT2D eigenvalue weighted by Gasteiger charge is -2.08.